The summed E-state index contributed by atoms with van der Waals surface area (Å²) in [7, 11) is 0. The maximum Gasteiger partial charge on any atom is 0.329 e. The number of rotatable bonds is 13. The van der Waals surface area contributed by atoms with Crippen LogP contribution in [0.25, 0.3) is 11.1 Å². The number of thioether (sulfide) groups is 1. The van der Waals surface area contributed by atoms with Crippen molar-refractivity contribution in [1.29, 1.82) is 0 Å². The van der Waals surface area contributed by atoms with E-state index in [0.29, 0.717) is 5.02 Å². The molecule has 1 amide bonds. The normalized spacial score (nSPS) is 13.6. The van der Waals surface area contributed by atoms with E-state index in [-0.39, 0.29) is 35.2 Å². The fourth-order valence-corrected chi connectivity index (χ4v) is 5.57. The van der Waals surface area contributed by atoms with E-state index in [9.17, 15) is 14.4 Å². The van der Waals surface area contributed by atoms with E-state index in [0.717, 1.165) is 52.4 Å². The Morgan fingerprint density at radius 3 is 2.02 bits per heavy atom. The van der Waals surface area contributed by atoms with Crippen LogP contribution in [0.2, 0.25) is 5.02 Å². The van der Waals surface area contributed by atoms with Crippen molar-refractivity contribution in [2.45, 2.75) is 73.8 Å². The van der Waals surface area contributed by atoms with Gasteiger partial charge in [0, 0.05) is 24.1 Å². The molecule has 2 aromatic rings. The van der Waals surface area contributed by atoms with Crippen LogP contribution in [0.1, 0.15) is 78.9 Å². The molecular weight excluding hydrogens is 542 g/mol. The van der Waals surface area contributed by atoms with Crippen LogP contribution in [0, 0.1) is 5.41 Å². The summed E-state index contributed by atoms with van der Waals surface area (Å²) in [6, 6.07) is 17.1. The first-order chi connectivity index (χ1) is 18.9. The molecule has 0 saturated heterocycles. The summed E-state index contributed by atoms with van der Waals surface area (Å²) in [6.45, 7) is 14.1. The number of benzene rings is 2. The van der Waals surface area contributed by atoms with Gasteiger partial charge in [-0.15, -0.1) is 0 Å². The Hall–Kier alpha value is -2.83. The van der Waals surface area contributed by atoms with Crippen LogP contribution in [0.3, 0.4) is 0 Å². The van der Waals surface area contributed by atoms with Crippen LogP contribution in [-0.4, -0.2) is 35.4 Å². The van der Waals surface area contributed by atoms with Crippen molar-refractivity contribution in [3.63, 3.8) is 0 Å². The number of hydrogen-bond donors (Lipinski definition) is 1. The van der Waals surface area contributed by atoms with Crippen LogP contribution < -0.4 is 5.32 Å². The molecule has 216 valence electrons. The van der Waals surface area contributed by atoms with Gasteiger partial charge in [0.05, 0.1) is 6.61 Å². The Kier molecular flexibility index (Phi) is 13.2. The number of allylic oxidation sites excluding steroid dienone is 4. The highest BCUT2D eigenvalue weighted by Crippen LogP contribution is 2.41. The fraction of sp³-hybridized carbons (Fsp3) is 0.424. The molecule has 0 radical (unpaired) electrons. The molecule has 0 spiro atoms. The van der Waals surface area contributed by atoms with E-state index in [1.807, 2.05) is 49.4 Å². The Morgan fingerprint density at radius 1 is 0.900 bits per heavy atom. The summed E-state index contributed by atoms with van der Waals surface area (Å²) in [5.74, 6) is -0.794. The zero-order valence-corrected chi connectivity index (χ0v) is 26.3. The summed E-state index contributed by atoms with van der Waals surface area (Å²) in [5.41, 5.74) is 6.46. The van der Waals surface area contributed by atoms with E-state index in [2.05, 4.69) is 45.1 Å². The highest BCUT2D eigenvalue weighted by molar-refractivity contribution is 8.13. The third-order valence-electron chi connectivity index (χ3n) is 6.77. The van der Waals surface area contributed by atoms with Crippen molar-refractivity contribution in [3.05, 3.63) is 81.9 Å². The van der Waals surface area contributed by atoms with Gasteiger partial charge in [0.15, 0.2) is 5.12 Å². The van der Waals surface area contributed by atoms with E-state index in [1.165, 1.54) is 12.5 Å². The van der Waals surface area contributed by atoms with Crippen molar-refractivity contribution in [2.24, 2.45) is 5.41 Å². The summed E-state index contributed by atoms with van der Waals surface area (Å²) in [6.07, 6.45) is 2.12. The first-order valence-corrected chi connectivity index (χ1v) is 15.1. The minimum absolute atomic E-state index is 0.0948. The predicted molar refractivity (Wildman–Crippen MR) is 168 cm³/mol. The number of ether oxygens (including phenoxy) is 1. The second kappa shape index (κ2) is 15.8. The lowest BCUT2D eigenvalue weighted by atomic mass is 9.78. The number of carbonyl (C=O) groups is 3. The Bertz CT molecular complexity index is 1230. The van der Waals surface area contributed by atoms with Crippen molar-refractivity contribution in [1.82, 2.24) is 5.32 Å². The molecule has 0 saturated carbocycles. The minimum atomic E-state index is -0.885. The van der Waals surface area contributed by atoms with Gasteiger partial charge in [0.1, 0.15) is 6.04 Å². The van der Waals surface area contributed by atoms with Crippen LogP contribution in [-0.2, 0) is 19.1 Å². The van der Waals surface area contributed by atoms with E-state index >= 15 is 0 Å². The molecule has 2 rings (SSSR count). The Morgan fingerprint density at radius 2 is 1.48 bits per heavy atom. The smallest absolute Gasteiger partial charge is 0.329 e. The molecule has 1 atom stereocenters. The van der Waals surface area contributed by atoms with Gasteiger partial charge in [-0.3, -0.25) is 9.59 Å². The molecular formula is C33H42ClNO4S. The van der Waals surface area contributed by atoms with Crippen molar-refractivity contribution in [2.75, 3.05) is 12.4 Å². The van der Waals surface area contributed by atoms with Crippen LogP contribution in [0.4, 0.5) is 0 Å². The molecule has 40 heavy (non-hydrogen) atoms. The zero-order chi connectivity index (χ0) is 29.9. The highest BCUT2D eigenvalue weighted by Gasteiger charge is 2.25. The Labute approximate surface area is 248 Å². The SMILES string of the molecule is CCOC(=O)C(CSC(=O)C/C(C)=C(/C(=C(\C)CC(C)(C)CC)c1ccccc1)c1ccc(Cl)cc1)NC(C)=O. The second-order valence-corrected chi connectivity index (χ2v) is 12.3. The summed E-state index contributed by atoms with van der Waals surface area (Å²) >= 11 is 7.27. The molecule has 0 aliphatic carbocycles. The molecule has 0 aliphatic heterocycles. The molecule has 5 nitrogen and oxygen atoms in total. The first kappa shape index (κ1) is 33.4. The van der Waals surface area contributed by atoms with Crippen molar-refractivity contribution < 1.29 is 19.1 Å². The van der Waals surface area contributed by atoms with Crippen molar-refractivity contribution in [3.8, 4) is 0 Å². The van der Waals surface area contributed by atoms with Gasteiger partial charge < -0.3 is 10.1 Å². The summed E-state index contributed by atoms with van der Waals surface area (Å²) < 4.78 is 5.08. The molecule has 7 heteroatoms. The summed E-state index contributed by atoms with van der Waals surface area (Å²) in [5, 5.41) is 3.14. The quantitative estimate of drug-likeness (QED) is 0.190. The van der Waals surface area contributed by atoms with Gasteiger partial charge in [-0.25, -0.2) is 4.79 Å². The molecule has 2 aromatic carbocycles. The third kappa shape index (κ3) is 10.3. The second-order valence-electron chi connectivity index (χ2n) is 10.7. The standard InChI is InChI=1S/C33H42ClNO4S/c1-8-33(6,7)20-23(4)31(25-13-11-10-12-14-25)30(26-15-17-27(34)18-16-26)22(3)19-29(37)40-21-28(35-24(5)36)32(38)39-9-2/h10-18,28H,8-9,19-21H2,1-7H3,(H,35,36)/b30-22+,31-23+. The maximum absolute atomic E-state index is 13.2. The molecule has 1 N–H and O–H groups in total. The molecule has 1 unspecified atom stereocenters. The number of nitrogens with one attached hydrogen (secondary N) is 1. The average Bonchev–Trinajstić information content (AvgIpc) is 2.90. The van der Waals surface area contributed by atoms with Gasteiger partial charge >= 0.3 is 5.97 Å². The van der Waals surface area contributed by atoms with Crippen LogP contribution in [0.5, 0.6) is 0 Å². The maximum atomic E-state index is 13.2. The van der Waals surface area contributed by atoms with Gasteiger partial charge in [0.25, 0.3) is 0 Å². The van der Waals surface area contributed by atoms with Gasteiger partial charge in [-0.1, -0.05) is 104 Å². The largest absolute Gasteiger partial charge is 0.464 e. The molecule has 0 heterocycles. The first-order valence-electron chi connectivity index (χ1n) is 13.7. The van der Waals surface area contributed by atoms with E-state index in [4.69, 9.17) is 16.3 Å². The highest BCUT2D eigenvalue weighted by atomic mass is 35.5. The van der Waals surface area contributed by atoms with Gasteiger partial charge in [0.2, 0.25) is 5.91 Å². The van der Waals surface area contributed by atoms with Crippen LogP contribution >= 0.6 is 23.4 Å². The molecule has 0 aliphatic rings. The Balaban J connectivity index is 2.56. The zero-order valence-electron chi connectivity index (χ0n) is 24.7. The lowest BCUT2D eigenvalue weighted by molar-refractivity contribution is -0.146. The predicted octanol–water partition coefficient (Wildman–Crippen LogP) is 8.13. The fourth-order valence-electron chi connectivity index (χ4n) is 4.55. The monoisotopic (exact) mass is 583 g/mol. The summed E-state index contributed by atoms with van der Waals surface area (Å²) in [4.78, 5) is 37.2. The van der Waals surface area contributed by atoms with E-state index < -0.39 is 12.0 Å². The number of halogens is 1. The van der Waals surface area contributed by atoms with Crippen LogP contribution in [0.15, 0.2) is 65.7 Å². The molecule has 0 fully saturated rings. The molecule has 0 aromatic heterocycles. The number of carbonyl (C=O) groups excluding carboxylic acids is 3. The van der Waals surface area contributed by atoms with Gasteiger partial charge in [-0.2, -0.15) is 0 Å². The third-order valence-corrected chi connectivity index (χ3v) is 7.99. The lowest BCUT2D eigenvalue weighted by Gasteiger charge is -2.27. The number of esters is 1. The van der Waals surface area contributed by atoms with Crippen molar-refractivity contribution >= 4 is 51.5 Å². The average molecular weight is 584 g/mol. The lowest BCUT2D eigenvalue weighted by Crippen LogP contribution is -2.42. The van der Waals surface area contributed by atoms with Gasteiger partial charge in [-0.05, 0) is 67.0 Å². The van der Waals surface area contributed by atoms with E-state index in [1.54, 1.807) is 6.92 Å². The minimum Gasteiger partial charge on any atom is -0.464 e. The topological polar surface area (TPSA) is 72.5 Å². The molecule has 0 bridgehead atoms. The number of amides is 1. The number of hydrogen-bond acceptors (Lipinski definition) is 5.